The second kappa shape index (κ2) is 5.59. The highest BCUT2D eigenvalue weighted by molar-refractivity contribution is 5.49. The maximum Gasteiger partial charge on any atom is 0.125 e. The van der Waals surface area contributed by atoms with Crippen molar-refractivity contribution in [3.63, 3.8) is 0 Å². The molecule has 0 radical (unpaired) electrons. The average molecular weight is 296 g/mol. The molecule has 0 aliphatic rings. The molecule has 21 heavy (non-hydrogen) atoms. The Kier molecular flexibility index (Phi) is 4.78. The van der Waals surface area contributed by atoms with Gasteiger partial charge in [-0.3, -0.25) is 0 Å². The van der Waals surface area contributed by atoms with E-state index in [1.165, 1.54) is 0 Å². The zero-order valence-electron chi connectivity index (χ0n) is 14.1. The summed E-state index contributed by atoms with van der Waals surface area (Å²) >= 11 is 0. The van der Waals surface area contributed by atoms with E-state index in [-0.39, 0.29) is 0 Å². The molecule has 0 saturated heterocycles. The predicted molar refractivity (Wildman–Crippen MR) is 83.3 cm³/mol. The maximum atomic E-state index is 10.4. The molecule has 0 unspecified atom stereocenters. The molecular formula is C17H28O4. The standard InChI is InChI=1S/C17H28O4/c1-8-21-14-10-12(16(4,5)19)11(15(2,3)18)9-13(14)17(6,7)20/h9-10,18-20H,8H2,1-7H3. The van der Waals surface area contributed by atoms with Gasteiger partial charge in [0.2, 0.25) is 0 Å². The summed E-state index contributed by atoms with van der Waals surface area (Å²) in [6, 6.07) is 3.43. The van der Waals surface area contributed by atoms with Gasteiger partial charge in [0.25, 0.3) is 0 Å². The van der Waals surface area contributed by atoms with E-state index < -0.39 is 16.8 Å². The molecule has 3 N–H and O–H groups in total. The topological polar surface area (TPSA) is 69.9 Å². The lowest BCUT2D eigenvalue weighted by Gasteiger charge is -2.32. The highest BCUT2D eigenvalue weighted by atomic mass is 16.5. The molecule has 0 aliphatic carbocycles. The fourth-order valence-electron chi connectivity index (χ4n) is 2.35. The van der Waals surface area contributed by atoms with E-state index in [9.17, 15) is 15.3 Å². The molecule has 0 saturated carbocycles. The third kappa shape index (κ3) is 4.19. The molecule has 0 spiro atoms. The van der Waals surface area contributed by atoms with Crippen LogP contribution in [0.3, 0.4) is 0 Å². The quantitative estimate of drug-likeness (QED) is 0.781. The lowest BCUT2D eigenvalue weighted by Crippen LogP contribution is -2.28. The van der Waals surface area contributed by atoms with Crippen molar-refractivity contribution in [1.29, 1.82) is 0 Å². The van der Waals surface area contributed by atoms with Crippen LogP contribution in [0.1, 0.15) is 65.2 Å². The molecule has 4 heteroatoms. The van der Waals surface area contributed by atoms with Crippen LogP contribution >= 0.6 is 0 Å². The van der Waals surface area contributed by atoms with E-state index >= 15 is 0 Å². The molecule has 0 amide bonds. The Morgan fingerprint density at radius 1 is 0.762 bits per heavy atom. The minimum absolute atomic E-state index is 0.455. The first-order valence-corrected chi connectivity index (χ1v) is 7.28. The van der Waals surface area contributed by atoms with Crippen LogP contribution in [-0.2, 0) is 16.8 Å². The third-order valence-electron chi connectivity index (χ3n) is 3.40. The zero-order chi connectivity index (χ0) is 16.6. The van der Waals surface area contributed by atoms with Gasteiger partial charge in [-0.15, -0.1) is 0 Å². The van der Waals surface area contributed by atoms with Crippen molar-refractivity contribution in [1.82, 2.24) is 0 Å². The van der Waals surface area contributed by atoms with Gasteiger partial charge in [-0.1, -0.05) is 0 Å². The lowest BCUT2D eigenvalue weighted by molar-refractivity contribution is 0.0493. The normalized spacial score (nSPS) is 13.4. The molecule has 1 rings (SSSR count). The van der Waals surface area contributed by atoms with Gasteiger partial charge in [0.1, 0.15) is 5.75 Å². The summed E-state index contributed by atoms with van der Waals surface area (Å²) in [5.74, 6) is 0.523. The van der Waals surface area contributed by atoms with Crippen molar-refractivity contribution in [2.45, 2.75) is 65.3 Å². The molecule has 4 nitrogen and oxygen atoms in total. The van der Waals surface area contributed by atoms with Crippen molar-refractivity contribution < 1.29 is 20.1 Å². The van der Waals surface area contributed by atoms with Gasteiger partial charge >= 0.3 is 0 Å². The fraction of sp³-hybridized carbons (Fsp3) is 0.647. The summed E-state index contributed by atoms with van der Waals surface area (Å²) in [4.78, 5) is 0. The van der Waals surface area contributed by atoms with Gasteiger partial charge in [0.05, 0.1) is 23.4 Å². The number of aliphatic hydroxyl groups is 3. The summed E-state index contributed by atoms with van der Waals surface area (Å²) < 4.78 is 5.61. The first-order chi connectivity index (χ1) is 9.28. The predicted octanol–water partition coefficient (Wildman–Crippen LogP) is 2.77. The Hall–Kier alpha value is -1.10. The SMILES string of the molecule is CCOc1cc(C(C)(C)O)c(C(C)(C)O)cc1C(C)(C)O. The molecule has 0 bridgehead atoms. The Bertz CT molecular complexity index is 499. The van der Waals surface area contributed by atoms with Crippen molar-refractivity contribution >= 4 is 0 Å². The van der Waals surface area contributed by atoms with Crippen LogP contribution in [0.4, 0.5) is 0 Å². The smallest absolute Gasteiger partial charge is 0.125 e. The van der Waals surface area contributed by atoms with E-state index in [0.29, 0.717) is 29.0 Å². The highest BCUT2D eigenvalue weighted by Gasteiger charge is 2.32. The van der Waals surface area contributed by atoms with Gasteiger partial charge < -0.3 is 20.1 Å². The molecule has 0 fully saturated rings. The third-order valence-corrected chi connectivity index (χ3v) is 3.40. The van der Waals surface area contributed by atoms with Gasteiger partial charge in [0.15, 0.2) is 0 Å². The van der Waals surface area contributed by atoms with Gasteiger partial charge in [-0.2, -0.15) is 0 Å². The number of hydrogen-bond acceptors (Lipinski definition) is 4. The minimum Gasteiger partial charge on any atom is -0.493 e. The van der Waals surface area contributed by atoms with E-state index in [1.54, 1.807) is 53.7 Å². The molecule has 1 aromatic carbocycles. The maximum absolute atomic E-state index is 10.4. The monoisotopic (exact) mass is 296 g/mol. The van der Waals surface area contributed by atoms with Crippen LogP contribution in [-0.4, -0.2) is 21.9 Å². The van der Waals surface area contributed by atoms with Crippen molar-refractivity contribution in [3.8, 4) is 5.75 Å². The number of hydrogen-bond donors (Lipinski definition) is 3. The Labute approximate surface area is 127 Å². The van der Waals surface area contributed by atoms with Crippen LogP contribution in [0.15, 0.2) is 12.1 Å². The second-order valence-corrected chi connectivity index (χ2v) is 7.00. The summed E-state index contributed by atoms with van der Waals surface area (Å²) in [5, 5.41) is 31.2. The average Bonchev–Trinajstić information content (AvgIpc) is 2.24. The summed E-state index contributed by atoms with van der Waals surface area (Å²) in [7, 11) is 0. The molecule has 120 valence electrons. The largest absolute Gasteiger partial charge is 0.493 e. The van der Waals surface area contributed by atoms with E-state index in [4.69, 9.17) is 4.74 Å². The van der Waals surface area contributed by atoms with Crippen molar-refractivity contribution in [3.05, 3.63) is 28.8 Å². The van der Waals surface area contributed by atoms with Crippen LogP contribution in [0.2, 0.25) is 0 Å². The Balaban J connectivity index is 3.71. The summed E-state index contributed by atoms with van der Waals surface area (Å²) in [6.07, 6.45) is 0. The minimum atomic E-state index is -1.14. The lowest BCUT2D eigenvalue weighted by atomic mass is 9.81. The Morgan fingerprint density at radius 3 is 1.48 bits per heavy atom. The fourth-order valence-corrected chi connectivity index (χ4v) is 2.35. The number of rotatable bonds is 5. The molecular weight excluding hydrogens is 268 g/mol. The van der Waals surface area contributed by atoms with Crippen LogP contribution in [0.5, 0.6) is 5.75 Å². The van der Waals surface area contributed by atoms with E-state index in [1.807, 2.05) is 6.92 Å². The van der Waals surface area contributed by atoms with Crippen molar-refractivity contribution in [2.24, 2.45) is 0 Å². The number of benzene rings is 1. The number of ether oxygens (including phenoxy) is 1. The second-order valence-electron chi connectivity index (χ2n) is 7.00. The Morgan fingerprint density at radius 2 is 1.14 bits per heavy atom. The molecule has 0 aromatic heterocycles. The van der Waals surface area contributed by atoms with Crippen LogP contribution in [0.25, 0.3) is 0 Å². The van der Waals surface area contributed by atoms with Gasteiger partial charge in [-0.05, 0) is 71.7 Å². The first-order valence-electron chi connectivity index (χ1n) is 7.28. The van der Waals surface area contributed by atoms with Crippen LogP contribution in [0, 0.1) is 0 Å². The highest BCUT2D eigenvalue weighted by Crippen LogP contribution is 2.39. The van der Waals surface area contributed by atoms with E-state index in [0.717, 1.165) is 0 Å². The van der Waals surface area contributed by atoms with Crippen LogP contribution < -0.4 is 4.74 Å². The van der Waals surface area contributed by atoms with E-state index in [2.05, 4.69) is 0 Å². The van der Waals surface area contributed by atoms with Gasteiger partial charge in [-0.25, -0.2) is 0 Å². The molecule has 0 aliphatic heterocycles. The summed E-state index contributed by atoms with van der Waals surface area (Å²) in [6.45, 7) is 12.3. The first kappa shape index (κ1) is 18.0. The van der Waals surface area contributed by atoms with Gasteiger partial charge in [0, 0.05) is 5.56 Å². The molecule has 1 aromatic rings. The molecule has 0 heterocycles. The van der Waals surface area contributed by atoms with Crippen molar-refractivity contribution in [2.75, 3.05) is 6.61 Å². The molecule has 0 atom stereocenters. The zero-order valence-corrected chi connectivity index (χ0v) is 14.1. The summed E-state index contributed by atoms with van der Waals surface area (Å²) in [5.41, 5.74) is -1.61.